The first-order chi connectivity index (χ1) is 13.7. The summed E-state index contributed by atoms with van der Waals surface area (Å²) < 4.78 is 5.30. The molecule has 154 valence electrons. The molecule has 0 aromatic heterocycles. The zero-order valence-corrected chi connectivity index (χ0v) is 16.7. The van der Waals surface area contributed by atoms with Crippen molar-refractivity contribution in [2.75, 3.05) is 20.2 Å². The number of carbonyl (C=O) groups excluding carboxylic acids is 2. The van der Waals surface area contributed by atoms with Crippen LogP contribution in [0.4, 0.5) is 9.59 Å². The minimum absolute atomic E-state index is 0.0472. The summed E-state index contributed by atoms with van der Waals surface area (Å²) in [6.07, 6.45) is 7.44. The maximum absolute atomic E-state index is 12.4. The van der Waals surface area contributed by atoms with Crippen molar-refractivity contribution < 1.29 is 14.3 Å². The molecule has 0 bridgehead atoms. The molecule has 0 radical (unpaired) electrons. The summed E-state index contributed by atoms with van der Waals surface area (Å²) in [6.45, 7) is 1.77. The molecule has 0 spiro atoms. The number of rotatable bonds is 5. The van der Waals surface area contributed by atoms with E-state index in [0.717, 1.165) is 37.0 Å². The minimum atomic E-state index is -0.184. The van der Waals surface area contributed by atoms with E-state index < -0.39 is 0 Å². The van der Waals surface area contributed by atoms with E-state index in [-0.39, 0.29) is 18.1 Å². The average Bonchev–Trinajstić information content (AvgIpc) is 2.73. The Hall–Kier alpha value is -2.44. The number of urea groups is 2. The van der Waals surface area contributed by atoms with Crippen molar-refractivity contribution >= 4 is 12.1 Å². The molecule has 1 heterocycles. The number of nitrogens with one attached hydrogen (secondary N) is 3. The molecule has 7 heteroatoms. The molecular formula is C21H32N4O3. The monoisotopic (exact) mass is 388 g/mol. The van der Waals surface area contributed by atoms with E-state index in [4.69, 9.17) is 4.74 Å². The quantitative estimate of drug-likeness (QED) is 0.725. The number of para-hydroxylation sites is 1. The Bertz CT molecular complexity index is 653. The van der Waals surface area contributed by atoms with Crippen LogP contribution in [0.3, 0.4) is 0 Å². The van der Waals surface area contributed by atoms with Crippen LogP contribution in [-0.4, -0.2) is 49.2 Å². The molecule has 1 aliphatic carbocycles. The second-order valence-corrected chi connectivity index (χ2v) is 7.68. The SMILES string of the molecule is COc1ccccc1CNC(=O)NC1CCN(C(=O)NC2CCCCC2)CC1. The smallest absolute Gasteiger partial charge is 0.317 e. The van der Waals surface area contributed by atoms with E-state index in [9.17, 15) is 9.59 Å². The maximum atomic E-state index is 12.4. The molecule has 1 saturated carbocycles. The molecule has 3 N–H and O–H groups in total. The third-order valence-corrected chi connectivity index (χ3v) is 5.68. The number of nitrogens with zero attached hydrogens (tertiary/aromatic N) is 1. The summed E-state index contributed by atoms with van der Waals surface area (Å²) in [5.41, 5.74) is 0.939. The summed E-state index contributed by atoms with van der Waals surface area (Å²) in [5, 5.41) is 9.07. The highest BCUT2D eigenvalue weighted by atomic mass is 16.5. The third kappa shape index (κ3) is 5.78. The first-order valence-corrected chi connectivity index (χ1v) is 10.4. The Balaban J connectivity index is 1.36. The lowest BCUT2D eigenvalue weighted by Gasteiger charge is -2.34. The number of piperidine rings is 1. The van der Waals surface area contributed by atoms with E-state index in [2.05, 4.69) is 16.0 Å². The molecule has 7 nitrogen and oxygen atoms in total. The summed E-state index contributed by atoms with van der Waals surface area (Å²) in [7, 11) is 1.62. The highest BCUT2D eigenvalue weighted by molar-refractivity contribution is 5.75. The molecule has 1 aliphatic heterocycles. The van der Waals surface area contributed by atoms with Crippen molar-refractivity contribution in [1.29, 1.82) is 0 Å². The van der Waals surface area contributed by atoms with Crippen LogP contribution in [0.25, 0.3) is 0 Å². The minimum Gasteiger partial charge on any atom is -0.496 e. The largest absolute Gasteiger partial charge is 0.496 e. The fraction of sp³-hybridized carbons (Fsp3) is 0.619. The third-order valence-electron chi connectivity index (χ3n) is 5.68. The van der Waals surface area contributed by atoms with Gasteiger partial charge in [0.05, 0.1) is 7.11 Å². The molecule has 1 aromatic rings. The summed E-state index contributed by atoms with van der Waals surface area (Å²) in [4.78, 5) is 26.5. The molecule has 2 aliphatic rings. The van der Waals surface area contributed by atoms with Gasteiger partial charge in [-0.3, -0.25) is 0 Å². The van der Waals surface area contributed by atoms with Gasteiger partial charge in [-0.15, -0.1) is 0 Å². The van der Waals surface area contributed by atoms with E-state index in [1.807, 2.05) is 29.2 Å². The fourth-order valence-electron chi connectivity index (χ4n) is 4.00. The normalized spacial score (nSPS) is 18.4. The van der Waals surface area contributed by atoms with Crippen LogP contribution in [0.2, 0.25) is 0 Å². The number of methoxy groups -OCH3 is 1. The predicted molar refractivity (Wildman–Crippen MR) is 108 cm³/mol. The molecule has 3 rings (SSSR count). The summed E-state index contributed by atoms with van der Waals surface area (Å²) in [6, 6.07) is 7.92. The van der Waals surface area contributed by atoms with Crippen LogP contribution < -0.4 is 20.7 Å². The average molecular weight is 389 g/mol. The van der Waals surface area contributed by atoms with E-state index >= 15 is 0 Å². The van der Waals surface area contributed by atoms with Crippen LogP contribution in [0.1, 0.15) is 50.5 Å². The van der Waals surface area contributed by atoms with Gasteiger partial charge < -0.3 is 25.6 Å². The first-order valence-electron chi connectivity index (χ1n) is 10.4. The molecule has 1 aromatic carbocycles. The molecule has 0 unspecified atom stereocenters. The Morgan fingerprint density at radius 1 is 1.00 bits per heavy atom. The van der Waals surface area contributed by atoms with Gasteiger partial charge in [-0.2, -0.15) is 0 Å². The van der Waals surface area contributed by atoms with Gasteiger partial charge in [0.1, 0.15) is 5.75 Å². The highest BCUT2D eigenvalue weighted by Gasteiger charge is 2.25. The van der Waals surface area contributed by atoms with E-state index in [1.165, 1.54) is 19.3 Å². The summed E-state index contributed by atoms with van der Waals surface area (Å²) >= 11 is 0. The van der Waals surface area contributed by atoms with Gasteiger partial charge >= 0.3 is 12.1 Å². The van der Waals surface area contributed by atoms with Crippen LogP contribution >= 0.6 is 0 Å². The number of amides is 4. The Kier molecular flexibility index (Phi) is 7.39. The van der Waals surface area contributed by atoms with Crippen molar-refractivity contribution in [1.82, 2.24) is 20.9 Å². The maximum Gasteiger partial charge on any atom is 0.317 e. The second-order valence-electron chi connectivity index (χ2n) is 7.68. The molecule has 2 fully saturated rings. The molecule has 28 heavy (non-hydrogen) atoms. The number of ether oxygens (including phenoxy) is 1. The van der Waals surface area contributed by atoms with Gasteiger partial charge in [-0.25, -0.2) is 9.59 Å². The number of carbonyl (C=O) groups is 2. The van der Waals surface area contributed by atoms with Gasteiger partial charge in [-0.1, -0.05) is 37.5 Å². The van der Waals surface area contributed by atoms with Crippen LogP contribution in [-0.2, 0) is 6.54 Å². The van der Waals surface area contributed by atoms with Gasteiger partial charge in [0.25, 0.3) is 0 Å². The van der Waals surface area contributed by atoms with Crippen molar-refractivity contribution in [2.24, 2.45) is 0 Å². The standard InChI is InChI=1S/C21H32N4O3/c1-28-19-10-6-5-7-16(19)15-22-20(26)23-18-11-13-25(14-12-18)21(27)24-17-8-3-2-4-9-17/h5-7,10,17-18H,2-4,8-9,11-15H2,1H3,(H,24,27)(H2,22,23,26). The number of likely N-dealkylation sites (tertiary alicyclic amines) is 1. The van der Waals surface area contributed by atoms with Crippen LogP contribution in [0.5, 0.6) is 5.75 Å². The fourth-order valence-corrected chi connectivity index (χ4v) is 4.00. The molecule has 4 amide bonds. The van der Waals surface area contributed by atoms with Crippen LogP contribution in [0, 0.1) is 0 Å². The Morgan fingerprint density at radius 2 is 1.68 bits per heavy atom. The number of hydrogen-bond donors (Lipinski definition) is 3. The lowest BCUT2D eigenvalue weighted by Crippen LogP contribution is -2.52. The van der Waals surface area contributed by atoms with Gasteiger partial charge in [-0.05, 0) is 31.7 Å². The molecular weight excluding hydrogens is 356 g/mol. The van der Waals surface area contributed by atoms with Crippen molar-refractivity contribution in [3.8, 4) is 5.75 Å². The second kappa shape index (κ2) is 10.2. The van der Waals surface area contributed by atoms with E-state index in [0.29, 0.717) is 25.7 Å². The van der Waals surface area contributed by atoms with Crippen LogP contribution in [0.15, 0.2) is 24.3 Å². The van der Waals surface area contributed by atoms with Crippen molar-refractivity contribution in [3.05, 3.63) is 29.8 Å². The van der Waals surface area contributed by atoms with Crippen molar-refractivity contribution in [2.45, 2.75) is 63.6 Å². The zero-order chi connectivity index (χ0) is 19.8. The van der Waals surface area contributed by atoms with Crippen molar-refractivity contribution in [3.63, 3.8) is 0 Å². The first kappa shape index (κ1) is 20.3. The molecule has 0 atom stereocenters. The topological polar surface area (TPSA) is 82.7 Å². The lowest BCUT2D eigenvalue weighted by molar-refractivity contribution is 0.170. The number of benzene rings is 1. The highest BCUT2D eigenvalue weighted by Crippen LogP contribution is 2.19. The predicted octanol–water partition coefficient (Wildman–Crippen LogP) is 3.00. The Morgan fingerprint density at radius 3 is 2.39 bits per heavy atom. The van der Waals surface area contributed by atoms with Gasteiger partial charge in [0.15, 0.2) is 0 Å². The van der Waals surface area contributed by atoms with E-state index in [1.54, 1.807) is 7.11 Å². The Labute approximate surface area is 167 Å². The van der Waals surface area contributed by atoms with Gasteiger partial charge in [0, 0.05) is 37.3 Å². The summed E-state index contributed by atoms with van der Waals surface area (Å²) in [5.74, 6) is 0.764. The molecule has 1 saturated heterocycles. The zero-order valence-electron chi connectivity index (χ0n) is 16.7. The lowest BCUT2D eigenvalue weighted by atomic mass is 9.95. The number of hydrogen-bond acceptors (Lipinski definition) is 3. The van der Waals surface area contributed by atoms with Gasteiger partial charge in [0.2, 0.25) is 0 Å².